The standard InChI is InChI=1S/C15H19BrClNO4/c1-15(2,3)22-14(21)18(4)12(13(19)20)8-9-7-10(17)5-6-11(9)16/h5-7,12H,8H2,1-4H3,(H,19,20)/t12-/m0/s1. The first-order valence-corrected chi connectivity index (χ1v) is 7.81. The summed E-state index contributed by atoms with van der Waals surface area (Å²) >= 11 is 9.29. The maximum atomic E-state index is 12.0. The molecule has 0 aliphatic heterocycles. The monoisotopic (exact) mass is 391 g/mol. The van der Waals surface area contributed by atoms with Crippen LogP contribution in [-0.4, -0.2) is 40.8 Å². The van der Waals surface area contributed by atoms with Crippen LogP contribution in [0.25, 0.3) is 0 Å². The molecule has 1 atom stereocenters. The molecule has 0 spiro atoms. The number of halogens is 2. The number of amides is 1. The lowest BCUT2D eigenvalue weighted by Crippen LogP contribution is -2.46. The second-order valence-corrected chi connectivity index (χ2v) is 7.18. The number of rotatable bonds is 4. The fourth-order valence-electron chi connectivity index (χ4n) is 1.76. The van der Waals surface area contributed by atoms with Crippen LogP contribution >= 0.6 is 27.5 Å². The Morgan fingerprint density at radius 1 is 1.41 bits per heavy atom. The first kappa shape index (κ1) is 18.8. The number of benzene rings is 1. The average molecular weight is 393 g/mol. The van der Waals surface area contributed by atoms with Crippen molar-refractivity contribution in [1.82, 2.24) is 4.90 Å². The summed E-state index contributed by atoms with van der Waals surface area (Å²) in [7, 11) is 1.41. The number of ether oxygens (including phenoxy) is 1. The van der Waals surface area contributed by atoms with Crippen LogP contribution in [0, 0.1) is 0 Å². The lowest BCUT2D eigenvalue weighted by Gasteiger charge is -2.28. The van der Waals surface area contributed by atoms with Gasteiger partial charge in [0.15, 0.2) is 0 Å². The van der Waals surface area contributed by atoms with Gasteiger partial charge in [-0.25, -0.2) is 9.59 Å². The molecule has 22 heavy (non-hydrogen) atoms. The van der Waals surface area contributed by atoms with Gasteiger partial charge in [-0.2, -0.15) is 0 Å². The fraction of sp³-hybridized carbons (Fsp3) is 0.467. The highest BCUT2D eigenvalue weighted by Crippen LogP contribution is 2.24. The molecule has 1 amide bonds. The third kappa shape index (κ3) is 5.50. The highest BCUT2D eigenvalue weighted by Gasteiger charge is 2.30. The van der Waals surface area contributed by atoms with Gasteiger partial charge in [0.25, 0.3) is 0 Å². The molecule has 0 bridgehead atoms. The van der Waals surface area contributed by atoms with E-state index in [-0.39, 0.29) is 6.42 Å². The molecular weight excluding hydrogens is 374 g/mol. The molecule has 0 saturated carbocycles. The Balaban J connectivity index is 2.96. The normalized spacial score (nSPS) is 12.6. The highest BCUT2D eigenvalue weighted by molar-refractivity contribution is 9.10. The van der Waals surface area contributed by atoms with E-state index in [4.69, 9.17) is 16.3 Å². The van der Waals surface area contributed by atoms with Crippen molar-refractivity contribution in [1.29, 1.82) is 0 Å². The van der Waals surface area contributed by atoms with Gasteiger partial charge in [-0.1, -0.05) is 27.5 Å². The molecule has 0 unspecified atom stereocenters. The zero-order chi connectivity index (χ0) is 17.1. The summed E-state index contributed by atoms with van der Waals surface area (Å²) in [5, 5.41) is 9.92. The van der Waals surface area contributed by atoms with Crippen molar-refractivity contribution in [2.75, 3.05) is 7.05 Å². The number of carboxylic acid groups (broad SMARTS) is 1. The van der Waals surface area contributed by atoms with Crippen molar-refractivity contribution < 1.29 is 19.4 Å². The lowest BCUT2D eigenvalue weighted by molar-refractivity contribution is -0.142. The zero-order valence-corrected chi connectivity index (χ0v) is 15.2. The maximum Gasteiger partial charge on any atom is 0.410 e. The topological polar surface area (TPSA) is 66.8 Å². The Labute approximate surface area is 143 Å². The van der Waals surface area contributed by atoms with E-state index in [1.807, 2.05) is 0 Å². The van der Waals surface area contributed by atoms with Gasteiger partial charge in [-0.05, 0) is 44.5 Å². The van der Waals surface area contributed by atoms with Crippen LogP contribution < -0.4 is 0 Å². The summed E-state index contributed by atoms with van der Waals surface area (Å²) in [6.07, 6.45) is -0.565. The third-order valence-corrected chi connectivity index (χ3v) is 3.86. The Kier molecular flexibility index (Phi) is 6.26. The zero-order valence-electron chi connectivity index (χ0n) is 12.9. The summed E-state index contributed by atoms with van der Waals surface area (Å²) in [6, 6.07) is 4.06. The van der Waals surface area contributed by atoms with Gasteiger partial charge in [0, 0.05) is 23.0 Å². The number of carbonyl (C=O) groups excluding carboxylic acids is 1. The van der Waals surface area contributed by atoms with Crippen LogP contribution in [-0.2, 0) is 16.0 Å². The van der Waals surface area contributed by atoms with Crippen molar-refractivity contribution >= 4 is 39.6 Å². The molecule has 0 aliphatic carbocycles. The molecule has 7 heteroatoms. The first-order valence-electron chi connectivity index (χ1n) is 6.64. The van der Waals surface area contributed by atoms with Gasteiger partial charge in [0.2, 0.25) is 0 Å². The molecular formula is C15H19BrClNO4. The molecule has 1 N–H and O–H groups in total. The number of nitrogens with zero attached hydrogens (tertiary/aromatic N) is 1. The van der Waals surface area contributed by atoms with E-state index in [2.05, 4.69) is 15.9 Å². The fourth-order valence-corrected chi connectivity index (χ4v) is 2.36. The van der Waals surface area contributed by atoms with Crippen molar-refractivity contribution in [2.24, 2.45) is 0 Å². The van der Waals surface area contributed by atoms with Gasteiger partial charge >= 0.3 is 12.1 Å². The van der Waals surface area contributed by atoms with E-state index in [1.165, 1.54) is 7.05 Å². The largest absolute Gasteiger partial charge is 0.480 e. The van der Waals surface area contributed by atoms with Crippen LogP contribution in [0.5, 0.6) is 0 Å². The van der Waals surface area contributed by atoms with E-state index in [0.29, 0.717) is 10.6 Å². The Morgan fingerprint density at radius 2 is 2.00 bits per heavy atom. The van der Waals surface area contributed by atoms with Gasteiger partial charge in [0.05, 0.1) is 0 Å². The average Bonchev–Trinajstić information content (AvgIpc) is 2.36. The number of carbonyl (C=O) groups is 2. The van der Waals surface area contributed by atoms with E-state index in [1.54, 1.807) is 39.0 Å². The SMILES string of the molecule is CN(C(=O)OC(C)(C)C)[C@@H](Cc1cc(Cl)ccc1Br)C(=O)O. The van der Waals surface area contributed by atoms with Gasteiger partial charge in [-0.3, -0.25) is 4.90 Å². The molecule has 122 valence electrons. The van der Waals surface area contributed by atoms with Crippen LogP contribution in [0.2, 0.25) is 5.02 Å². The number of likely N-dealkylation sites (N-methyl/N-ethyl adjacent to an activating group) is 1. The lowest BCUT2D eigenvalue weighted by atomic mass is 10.1. The third-order valence-electron chi connectivity index (χ3n) is 2.86. The van der Waals surface area contributed by atoms with Gasteiger partial charge in [-0.15, -0.1) is 0 Å². The van der Waals surface area contributed by atoms with Gasteiger partial charge in [0.1, 0.15) is 11.6 Å². The summed E-state index contributed by atoms with van der Waals surface area (Å²) in [4.78, 5) is 24.6. The molecule has 0 aliphatic rings. The molecule has 1 aromatic rings. The predicted octanol–water partition coefficient (Wildman–Crippen LogP) is 3.97. The maximum absolute atomic E-state index is 12.0. The summed E-state index contributed by atoms with van der Waals surface area (Å²) < 4.78 is 5.94. The minimum Gasteiger partial charge on any atom is -0.480 e. The first-order chi connectivity index (χ1) is 10.0. The number of carboxylic acids is 1. The smallest absolute Gasteiger partial charge is 0.410 e. The van der Waals surface area contributed by atoms with E-state index in [0.717, 1.165) is 9.37 Å². The van der Waals surface area contributed by atoms with Crippen molar-refractivity contribution in [2.45, 2.75) is 38.8 Å². The van der Waals surface area contributed by atoms with Crippen molar-refractivity contribution in [3.05, 3.63) is 33.3 Å². The van der Waals surface area contributed by atoms with E-state index in [9.17, 15) is 14.7 Å². The minimum absolute atomic E-state index is 0.117. The quantitative estimate of drug-likeness (QED) is 0.842. The molecule has 0 fully saturated rings. The van der Waals surface area contributed by atoms with E-state index >= 15 is 0 Å². The molecule has 1 aromatic carbocycles. The summed E-state index contributed by atoms with van der Waals surface area (Å²) in [5.74, 6) is -1.11. The van der Waals surface area contributed by atoms with Crippen LogP contribution in [0.4, 0.5) is 4.79 Å². The van der Waals surface area contributed by atoms with Crippen molar-refractivity contribution in [3.63, 3.8) is 0 Å². The minimum atomic E-state index is -1.11. The molecule has 0 saturated heterocycles. The second-order valence-electron chi connectivity index (χ2n) is 5.89. The van der Waals surface area contributed by atoms with Crippen LogP contribution in [0.1, 0.15) is 26.3 Å². The van der Waals surface area contributed by atoms with Gasteiger partial charge < -0.3 is 9.84 Å². The molecule has 0 aromatic heterocycles. The predicted molar refractivity (Wildman–Crippen MR) is 88.3 cm³/mol. The summed E-state index contributed by atoms with van der Waals surface area (Å²) in [6.45, 7) is 5.17. The van der Waals surface area contributed by atoms with E-state index < -0.39 is 23.7 Å². The number of hydrogen-bond acceptors (Lipinski definition) is 3. The Hall–Kier alpha value is -1.27. The Morgan fingerprint density at radius 3 is 2.50 bits per heavy atom. The Bertz CT molecular complexity index is 571. The van der Waals surface area contributed by atoms with Crippen molar-refractivity contribution in [3.8, 4) is 0 Å². The molecule has 0 radical (unpaired) electrons. The second kappa shape index (κ2) is 7.33. The number of hydrogen-bond donors (Lipinski definition) is 1. The van der Waals surface area contributed by atoms with Crippen LogP contribution in [0.3, 0.4) is 0 Å². The molecule has 5 nitrogen and oxygen atoms in total. The molecule has 0 heterocycles. The molecule has 1 rings (SSSR count). The highest BCUT2D eigenvalue weighted by atomic mass is 79.9. The van der Waals surface area contributed by atoms with Crippen LogP contribution in [0.15, 0.2) is 22.7 Å². The number of aliphatic carboxylic acids is 1. The summed E-state index contributed by atoms with van der Waals surface area (Å²) in [5.41, 5.74) is 0.0145.